The topological polar surface area (TPSA) is 158 Å². The molecule has 0 radical (unpaired) electrons. The normalized spacial score (nSPS) is 24.8. The molecule has 3 heterocycles. The van der Waals surface area contributed by atoms with Crippen molar-refractivity contribution < 1.29 is 37.4 Å². The molecule has 0 bridgehead atoms. The van der Waals surface area contributed by atoms with Gasteiger partial charge in [0.1, 0.15) is 23.9 Å². The zero-order valence-electron chi connectivity index (χ0n) is 35.1. The fourth-order valence-corrected chi connectivity index (χ4v) is 11.7. The van der Waals surface area contributed by atoms with E-state index in [4.69, 9.17) is 9.26 Å². The van der Waals surface area contributed by atoms with Crippen LogP contribution in [-0.4, -0.2) is 76.3 Å². The van der Waals surface area contributed by atoms with E-state index in [9.17, 15) is 29.0 Å². The number of benzene rings is 4. The third-order valence-corrected chi connectivity index (χ3v) is 15.2. The van der Waals surface area contributed by atoms with Crippen LogP contribution < -0.4 is 14.9 Å². The van der Waals surface area contributed by atoms with Crippen LogP contribution in [0.2, 0.25) is 0 Å². The maximum atomic E-state index is 16.7. The lowest BCUT2D eigenvalue weighted by atomic mass is 9.85. The Hall–Kier alpha value is -5.57. The summed E-state index contributed by atoms with van der Waals surface area (Å²) in [5.41, 5.74) is 0.755. The Morgan fingerprint density at radius 2 is 1.65 bits per heavy atom. The van der Waals surface area contributed by atoms with E-state index in [1.165, 1.54) is 31.2 Å². The summed E-state index contributed by atoms with van der Waals surface area (Å²) in [6.45, 7) is 3.86. The number of alkyl halides is 1. The zero-order valence-corrected chi connectivity index (χ0v) is 36.0. The second-order valence-electron chi connectivity index (χ2n) is 17.2. The Bertz CT molecular complexity index is 2410. The number of nitrogens with one attached hydrogen (secondary N) is 2. The summed E-state index contributed by atoms with van der Waals surface area (Å²) in [4.78, 5) is 59.5. The van der Waals surface area contributed by atoms with Crippen molar-refractivity contribution in [1.29, 1.82) is 5.26 Å². The summed E-state index contributed by atoms with van der Waals surface area (Å²) >= 11 is 0. The molecule has 8 atom stereocenters. The van der Waals surface area contributed by atoms with Gasteiger partial charge in [0.25, 0.3) is 5.91 Å². The van der Waals surface area contributed by atoms with Crippen molar-refractivity contribution in [2.24, 2.45) is 5.92 Å². The van der Waals surface area contributed by atoms with Crippen molar-refractivity contribution in [1.82, 2.24) is 20.2 Å². The lowest BCUT2D eigenvalue weighted by Gasteiger charge is -2.37. The van der Waals surface area contributed by atoms with Gasteiger partial charge in [-0.15, -0.1) is 0 Å². The number of amides is 3. The van der Waals surface area contributed by atoms with Gasteiger partial charge in [0, 0.05) is 24.1 Å². The SMILES string of the molecule is CCCOC(=O)[C@H](C)NP(=O)(Oc1ccccc1)[C@H](F)c1ccc2ccc(C(=O)N[C@H]3CCCC[C@H]4CC[C@@H](C(=O)N5C[C@H](c6ccccc6)[C@@H](C#N)C56CC6)N4C3=O)cc2c1. The molecular formula is C48H53FN5O7P. The molecule has 4 aromatic carbocycles. The summed E-state index contributed by atoms with van der Waals surface area (Å²) in [5.74, 6) is -4.09. The molecule has 2 N–H and O–H groups in total. The monoisotopic (exact) mass is 861 g/mol. The van der Waals surface area contributed by atoms with E-state index in [-0.39, 0.29) is 53.2 Å². The lowest BCUT2D eigenvalue weighted by molar-refractivity contribution is -0.148. The fourth-order valence-electron chi connectivity index (χ4n) is 9.76. The number of nitrogens with zero attached hydrogens (tertiary/aromatic N) is 3. The van der Waals surface area contributed by atoms with Gasteiger partial charge in [0.05, 0.1) is 24.1 Å². The number of ether oxygens (including phenoxy) is 1. The second kappa shape index (κ2) is 18.0. The van der Waals surface area contributed by atoms with Gasteiger partial charge >= 0.3 is 13.5 Å². The predicted octanol–water partition coefficient (Wildman–Crippen LogP) is 8.34. The van der Waals surface area contributed by atoms with Crippen molar-refractivity contribution in [2.45, 2.75) is 113 Å². The van der Waals surface area contributed by atoms with E-state index < -0.39 is 49.0 Å². The van der Waals surface area contributed by atoms with E-state index >= 15 is 4.39 Å². The first-order chi connectivity index (χ1) is 30.0. The van der Waals surface area contributed by atoms with Crippen LogP contribution >= 0.6 is 7.52 Å². The summed E-state index contributed by atoms with van der Waals surface area (Å²) in [6.07, 6.45) is 6.07. The Morgan fingerprint density at radius 3 is 2.35 bits per heavy atom. The smallest absolute Gasteiger partial charge is 0.355 e. The number of hydrogen-bond donors (Lipinski definition) is 2. The minimum Gasteiger partial charge on any atom is -0.465 e. The molecule has 8 rings (SSSR count). The van der Waals surface area contributed by atoms with Gasteiger partial charge in [-0.05, 0) is 104 Å². The van der Waals surface area contributed by atoms with E-state index in [0.717, 1.165) is 37.7 Å². The molecule has 4 fully saturated rings. The number of halogens is 1. The number of nitriles is 1. The average molecular weight is 862 g/mol. The molecule has 1 spiro atoms. The third-order valence-electron chi connectivity index (χ3n) is 13.1. The molecule has 4 aliphatic rings. The summed E-state index contributed by atoms with van der Waals surface area (Å²) in [7, 11) is -4.48. The van der Waals surface area contributed by atoms with E-state index in [2.05, 4.69) is 16.5 Å². The van der Waals surface area contributed by atoms with Crippen LogP contribution in [0.3, 0.4) is 0 Å². The number of esters is 1. The maximum absolute atomic E-state index is 16.7. The summed E-state index contributed by atoms with van der Waals surface area (Å²) in [5, 5.41) is 17.1. The van der Waals surface area contributed by atoms with Gasteiger partial charge in [0.15, 0.2) is 0 Å². The van der Waals surface area contributed by atoms with Gasteiger partial charge in [0.2, 0.25) is 17.7 Å². The number of para-hydroxylation sites is 1. The number of likely N-dealkylation sites (tertiary alicyclic amines) is 1. The third kappa shape index (κ3) is 8.47. The Balaban J connectivity index is 1.00. The highest BCUT2D eigenvalue weighted by molar-refractivity contribution is 7.57. The van der Waals surface area contributed by atoms with Gasteiger partial charge in [-0.1, -0.05) is 86.5 Å². The predicted molar refractivity (Wildman–Crippen MR) is 232 cm³/mol. The standard InChI is InChI=1S/C48H53FN5O7P/c1-3-26-60-47(58)31(2)52-62(59,61-38-15-8-5-9-16-38)43(49)34-20-18-32-19-21-35(28-36(32)27-34)44(55)51-41-17-11-10-14-37-22-23-42(54(37)45(41)56)46(57)53-30-39(33-12-6-4-7-13-33)40(29-50)48(53)24-25-48/h4-9,12-13,15-16,18-21,27-28,31,37,39-43H,3,10-11,14,17,22-26,30H2,1-2H3,(H,51,55)(H,52,59)/t31-,37-,39+,40+,41-,42-,43-,62?/m0/s1. The van der Waals surface area contributed by atoms with Crippen LogP contribution in [-0.2, 0) is 23.7 Å². The molecular weight excluding hydrogens is 809 g/mol. The molecule has 12 nitrogen and oxygen atoms in total. The van der Waals surface area contributed by atoms with Crippen LogP contribution in [0.5, 0.6) is 5.75 Å². The van der Waals surface area contributed by atoms with Crippen molar-refractivity contribution in [2.75, 3.05) is 13.2 Å². The van der Waals surface area contributed by atoms with Crippen LogP contribution in [0.25, 0.3) is 10.8 Å². The number of hydrogen-bond acceptors (Lipinski definition) is 8. The molecule has 1 unspecified atom stereocenters. The number of carbonyl (C=O) groups is 4. The first kappa shape index (κ1) is 43.1. The Morgan fingerprint density at radius 1 is 0.935 bits per heavy atom. The van der Waals surface area contributed by atoms with E-state index in [0.29, 0.717) is 43.0 Å². The molecule has 3 aliphatic heterocycles. The van der Waals surface area contributed by atoms with Gasteiger partial charge in [-0.3, -0.25) is 23.7 Å². The molecule has 324 valence electrons. The van der Waals surface area contributed by atoms with Crippen molar-refractivity contribution in [3.63, 3.8) is 0 Å². The Kier molecular flexibility index (Phi) is 12.5. The Labute approximate surface area is 361 Å². The molecule has 4 aromatic rings. The quantitative estimate of drug-likeness (QED) is 0.0996. The highest BCUT2D eigenvalue weighted by Gasteiger charge is 2.64. The highest BCUT2D eigenvalue weighted by atomic mass is 31.2. The van der Waals surface area contributed by atoms with Crippen LogP contribution in [0.1, 0.15) is 105 Å². The number of carbonyl (C=O) groups excluding carboxylic acids is 4. The van der Waals surface area contributed by atoms with Crippen LogP contribution in [0, 0.1) is 17.2 Å². The van der Waals surface area contributed by atoms with Gasteiger partial charge < -0.3 is 24.4 Å². The van der Waals surface area contributed by atoms with Gasteiger partial charge in [-0.25, -0.2) is 9.48 Å². The molecule has 1 aliphatic carbocycles. The van der Waals surface area contributed by atoms with Crippen molar-refractivity contribution in [3.8, 4) is 11.8 Å². The lowest BCUT2D eigenvalue weighted by Crippen LogP contribution is -2.57. The van der Waals surface area contributed by atoms with E-state index in [1.54, 1.807) is 47.4 Å². The molecule has 62 heavy (non-hydrogen) atoms. The summed E-state index contributed by atoms with van der Waals surface area (Å²) < 4.78 is 42.0. The molecule has 0 aromatic heterocycles. The van der Waals surface area contributed by atoms with Gasteiger partial charge in [-0.2, -0.15) is 5.26 Å². The van der Waals surface area contributed by atoms with Crippen LogP contribution in [0.4, 0.5) is 4.39 Å². The molecule has 3 saturated heterocycles. The first-order valence-electron chi connectivity index (χ1n) is 21.8. The maximum Gasteiger partial charge on any atom is 0.355 e. The zero-order chi connectivity index (χ0) is 43.6. The highest BCUT2D eigenvalue weighted by Crippen LogP contribution is 2.59. The van der Waals surface area contributed by atoms with Crippen molar-refractivity contribution >= 4 is 42.0 Å². The molecule has 1 saturated carbocycles. The second-order valence-corrected chi connectivity index (χ2v) is 19.2. The van der Waals surface area contributed by atoms with Crippen molar-refractivity contribution in [3.05, 3.63) is 114 Å². The minimum atomic E-state index is -4.48. The average Bonchev–Trinajstić information content (AvgIpc) is 3.85. The minimum absolute atomic E-state index is 0.00379. The molecule has 14 heteroatoms. The largest absolute Gasteiger partial charge is 0.465 e. The van der Waals surface area contributed by atoms with Crippen LogP contribution in [0.15, 0.2) is 97.1 Å². The first-order valence-corrected chi connectivity index (χ1v) is 23.5. The fraction of sp³-hybridized carbons (Fsp3) is 0.438. The number of fused-ring (bicyclic) bond motifs is 2. The summed E-state index contributed by atoms with van der Waals surface area (Å²) in [6, 6.07) is 27.3. The number of rotatable bonds is 13. The molecule has 3 amide bonds. The van der Waals surface area contributed by atoms with E-state index in [1.807, 2.05) is 42.2 Å².